The highest BCUT2D eigenvalue weighted by Crippen LogP contribution is 2.49. The number of pyridine rings is 1. The van der Waals surface area contributed by atoms with Crippen LogP contribution in [-0.2, 0) is 10.2 Å². The molecule has 0 amide bonds. The quantitative estimate of drug-likeness (QED) is 0.744. The summed E-state index contributed by atoms with van der Waals surface area (Å²) in [5, 5.41) is 9.06. The molecule has 1 N–H and O–H groups in total. The summed E-state index contributed by atoms with van der Waals surface area (Å²) >= 11 is 0. The summed E-state index contributed by atoms with van der Waals surface area (Å²) in [6.07, 6.45) is 4.89. The van der Waals surface area contributed by atoms with Gasteiger partial charge in [0.15, 0.2) is 0 Å². The van der Waals surface area contributed by atoms with Gasteiger partial charge in [-0.15, -0.1) is 0 Å². The van der Waals surface area contributed by atoms with Crippen molar-refractivity contribution in [1.29, 1.82) is 0 Å². The minimum Gasteiger partial charge on any atom is -0.481 e. The van der Waals surface area contributed by atoms with E-state index in [4.69, 9.17) is 5.11 Å². The van der Waals surface area contributed by atoms with E-state index in [-0.39, 0.29) is 0 Å². The summed E-state index contributed by atoms with van der Waals surface area (Å²) in [7, 11) is 0. The molecule has 1 aromatic heterocycles. The molecule has 0 radical (unpaired) electrons. The van der Waals surface area contributed by atoms with Gasteiger partial charge < -0.3 is 5.11 Å². The van der Waals surface area contributed by atoms with E-state index >= 15 is 0 Å². The summed E-state index contributed by atoms with van der Waals surface area (Å²) < 4.78 is 0. The van der Waals surface area contributed by atoms with E-state index in [2.05, 4.69) is 4.98 Å². The molecule has 0 spiro atoms. The first-order valence-corrected chi connectivity index (χ1v) is 4.31. The average Bonchev–Trinajstić information content (AvgIpc) is 2.85. The van der Waals surface area contributed by atoms with E-state index in [1.54, 1.807) is 12.4 Å². The first-order valence-electron chi connectivity index (χ1n) is 4.31. The smallest absolute Gasteiger partial charge is 0.314 e. The predicted octanol–water partition coefficient (Wildman–Crippen LogP) is 1.51. The maximum atomic E-state index is 11.0. The van der Waals surface area contributed by atoms with Gasteiger partial charge in [0.05, 0.1) is 5.41 Å². The summed E-state index contributed by atoms with van der Waals surface area (Å²) in [5.74, 6) is -0.707. The second-order valence-corrected chi connectivity index (χ2v) is 3.58. The molecule has 0 unspecified atom stereocenters. The van der Waals surface area contributed by atoms with Gasteiger partial charge in [0.1, 0.15) is 0 Å². The molecule has 2 rings (SSSR count). The molecular formula is C10H11NO2. The van der Waals surface area contributed by atoms with Crippen molar-refractivity contribution in [1.82, 2.24) is 4.98 Å². The van der Waals surface area contributed by atoms with Gasteiger partial charge in [-0.25, -0.2) is 0 Å². The van der Waals surface area contributed by atoms with Gasteiger partial charge in [0.2, 0.25) is 0 Å². The zero-order chi connectivity index (χ0) is 9.47. The number of carboxylic acid groups (broad SMARTS) is 1. The van der Waals surface area contributed by atoms with Crippen molar-refractivity contribution < 1.29 is 9.90 Å². The Bertz CT molecular complexity index is 356. The van der Waals surface area contributed by atoms with Crippen LogP contribution in [0.2, 0.25) is 0 Å². The Kier molecular flexibility index (Phi) is 1.62. The van der Waals surface area contributed by atoms with Crippen LogP contribution in [0.3, 0.4) is 0 Å². The summed E-state index contributed by atoms with van der Waals surface area (Å²) in [6, 6.07) is 1.82. The van der Waals surface area contributed by atoms with E-state index in [9.17, 15) is 4.79 Å². The summed E-state index contributed by atoms with van der Waals surface area (Å²) in [5.41, 5.74) is 1.31. The van der Waals surface area contributed by atoms with Crippen LogP contribution < -0.4 is 0 Å². The third-order valence-electron chi connectivity index (χ3n) is 2.70. The van der Waals surface area contributed by atoms with Crippen molar-refractivity contribution in [3.63, 3.8) is 0 Å². The van der Waals surface area contributed by atoms with Gasteiger partial charge in [-0.05, 0) is 37.0 Å². The van der Waals surface area contributed by atoms with Crippen molar-refractivity contribution in [2.45, 2.75) is 25.2 Å². The number of aryl methyl sites for hydroxylation is 1. The third-order valence-corrected chi connectivity index (χ3v) is 2.70. The van der Waals surface area contributed by atoms with Crippen LogP contribution in [0.1, 0.15) is 24.0 Å². The van der Waals surface area contributed by atoms with Crippen LogP contribution in [0.5, 0.6) is 0 Å². The molecule has 0 aromatic carbocycles. The average molecular weight is 177 g/mol. The molecule has 13 heavy (non-hydrogen) atoms. The number of nitrogens with zero attached hydrogens (tertiary/aromatic N) is 1. The second kappa shape index (κ2) is 2.55. The number of hydrogen-bond donors (Lipinski definition) is 1. The third kappa shape index (κ3) is 1.11. The number of rotatable bonds is 2. The van der Waals surface area contributed by atoms with E-state index in [0.29, 0.717) is 0 Å². The largest absolute Gasteiger partial charge is 0.481 e. The van der Waals surface area contributed by atoms with E-state index in [1.165, 1.54) is 0 Å². The molecule has 3 nitrogen and oxygen atoms in total. The highest BCUT2D eigenvalue weighted by atomic mass is 16.4. The Morgan fingerprint density at radius 3 is 2.77 bits per heavy atom. The molecule has 0 aliphatic heterocycles. The van der Waals surface area contributed by atoms with Crippen LogP contribution in [0, 0.1) is 6.92 Å². The van der Waals surface area contributed by atoms with Gasteiger partial charge in [0.25, 0.3) is 0 Å². The van der Waals surface area contributed by atoms with Crippen LogP contribution in [0.4, 0.5) is 0 Å². The number of aliphatic carboxylic acids is 1. The lowest BCUT2D eigenvalue weighted by molar-refractivity contribution is -0.140. The lowest BCUT2D eigenvalue weighted by Crippen LogP contribution is -2.20. The molecule has 0 atom stereocenters. The lowest BCUT2D eigenvalue weighted by Gasteiger charge is -2.11. The van der Waals surface area contributed by atoms with Crippen molar-refractivity contribution >= 4 is 5.97 Å². The van der Waals surface area contributed by atoms with Crippen molar-refractivity contribution in [3.05, 3.63) is 29.6 Å². The number of aromatic nitrogens is 1. The SMILES string of the molecule is Cc1cnccc1C1(C(=O)O)CC1. The van der Waals surface area contributed by atoms with Gasteiger partial charge in [0, 0.05) is 12.4 Å². The Balaban J connectivity index is 2.47. The zero-order valence-corrected chi connectivity index (χ0v) is 7.45. The Hall–Kier alpha value is -1.38. The Morgan fingerprint density at radius 2 is 2.31 bits per heavy atom. The van der Waals surface area contributed by atoms with Crippen molar-refractivity contribution in [2.24, 2.45) is 0 Å². The van der Waals surface area contributed by atoms with Crippen LogP contribution in [-0.4, -0.2) is 16.1 Å². The molecule has 0 bridgehead atoms. The monoisotopic (exact) mass is 177 g/mol. The van der Waals surface area contributed by atoms with Gasteiger partial charge in [-0.3, -0.25) is 9.78 Å². The number of carboxylic acids is 1. The highest BCUT2D eigenvalue weighted by Gasteiger charge is 2.52. The number of hydrogen-bond acceptors (Lipinski definition) is 2. The molecular weight excluding hydrogens is 166 g/mol. The zero-order valence-electron chi connectivity index (χ0n) is 7.45. The van der Waals surface area contributed by atoms with Crippen molar-refractivity contribution in [3.8, 4) is 0 Å². The van der Waals surface area contributed by atoms with Crippen molar-refractivity contribution in [2.75, 3.05) is 0 Å². The normalized spacial score (nSPS) is 18.2. The van der Waals surface area contributed by atoms with Crippen LogP contribution in [0.15, 0.2) is 18.5 Å². The first kappa shape index (κ1) is 8.23. The molecule has 1 fully saturated rings. The summed E-state index contributed by atoms with van der Waals surface area (Å²) in [6.45, 7) is 1.91. The topological polar surface area (TPSA) is 50.2 Å². The molecule has 3 heteroatoms. The minimum absolute atomic E-state index is 0.590. The predicted molar refractivity (Wildman–Crippen MR) is 47.5 cm³/mol. The van der Waals surface area contributed by atoms with E-state index in [1.807, 2.05) is 13.0 Å². The summed E-state index contributed by atoms with van der Waals surface area (Å²) in [4.78, 5) is 15.0. The van der Waals surface area contributed by atoms with Crippen LogP contribution in [0.25, 0.3) is 0 Å². The fourth-order valence-corrected chi connectivity index (χ4v) is 1.73. The number of carbonyl (C=O) groups is 1. The maximum Gasteiger partial charge on any atom is 0.314 e. The van der Waals surface area contributed by atoms with Gasteiger partial charge >= 0.3 is 5.97 Å². The highest BCUT2D eigenvalue weighted by molar-refractivity contribution is 5.85. The molecule has 1 aliphatic rings. The molecule has 68 valence electrons. The van der Waals surface area contributed by atoms with Gasteiger partial charge in [-0.1, -0.05) is 0 Å². The molecule has 1 aliphatic carbocycles. The van der Waals surface area contributed by atoms with E-state index in [0.717, 1.165) is 24.0 Å². The fourth-order valence-electron chi connectivity index (χ4n) is 1.73. The Labute approximate surface area is 76.4 Å². The second-order valence-electron chi connectivity index (χ2n) is 3.58. The molecule has 1 aromatic rings. The lowest BCUT2D eigenvalue weighted by atomic mass is 9.94. The fraction of sp³-hybridized carbons (Fsp3) is 0.400. The molecule has 1 heterocycles. The molecule has 1 saturated carbocycles. The standard InChI is InChI=1S/C10H11NO2/c1-7-6-11-5-2-8(7)10(3-4-10)9(12)13/h2,5-6H,3-4H2,1H3,(H,12,13). The molecule has 0 saturated heterocycles. The first-order chi connectivity index (χ1) is 6.17. The van der Waals surface area contributed by atoms with Gasteiger partial charge in [-0.2, -0.15) is 0 Å². The van der Waals surface area contributed by atoms with E-state index < -0.39 is 11.4 Å². The Morgan fingerprint density at radius 1 is 1.62 bits per heavy atom. The minimum atomic E-state index is -0.707. The van der Waals surface area contributed by atoms with Crippen LogP contribution >= 0.6 is 0 Å². The maximum absolute atomic E-state index is 11.0.